The van der Waals surface area contributed by atoms with E-state index in [1.165, 1.54) is 5.56 Å². The smallest absolute Gasteiger partial charge is 0.408 e. The first kappa shape index (κ1) is 15.5. The Balaban J connectivity index is 2.69. The van der Waals surface area contributed by atoms with Gasteiger partial charge in [0.2, 0.25) is 0 Å². The summed E-state index contributed by atoms with van der Waals surface area (Å²) < 4.78 is 5.18. The van der Waals surface area contributed by atoms with Crippen molar-refractivity contribution in [2.75, 3.05) is 6.61 Å². The number of carbonyl (C=O) groups excluding carboxylic acids is 1. The van der Waals surface area contributed by atoms with E-state index in [0.29, 0.717) is 0 Å². The van der Waals surface area contributed by atoms with Gasteiger partial charge in [-0.3, -0.25) is 0 Å². The van der Waals surface area contributed by atoms with Crippen molar-refractivity contribution in [2.24, 2.45) is 0 Å². The number of nitrogens with one attached hydrogen (secondary N) is 1. The van der Waals surface area contributed by atoms with Crippen LogP contribution >= 0.6 is 0 Å². The number of hydrogen-bond donors (Lipinski definition) is 2. The van der Waals surface area contributed by atoms with Crippen molar-refractivity contribution in [1.29, 1.82) is 0 Å². The molecule has 0 aliphatic rings. The van der Waals surface area contributed by atoms with Crippen molar-refractivity contribution in [3.8, 4) is 0 Å². The molecule has 0 heterocycles. The van der Waals surface area contributed by atoms with E-state index >= 15 is 0 Å². The van der Waals surface area contributed by atoms with Crippen LogP contribution < -0.4 is 5.32 Å². The van der Waals surface area contributed by atoms with E-state index in [9.17, 15) is 9.90 Å². The molecule has 1 amide bonds. The van der Waals surface area contributed by atoms with Crippen molar-refractivity contribution in [3.05, 3.63) is 35.4 Å². The van der Waals surface area contributed by atoms with E-state index in [4.69, 9.17) is 4.74 Å². The van der Waals surface area contributed by atoms with Gasteiger partial charge in [-0.1, -0.05) is 31.2 Å². The lowest BCUT2D eigenvalue weighted by Crippen LogP contribution is -2.36. The largest absolute Gasteiger partial charge is 0.444 e. The number of benzene rings is 1. The molecular weight excluding hydrogens is 242 g/mol. The molecule has 0 aliphatic carbocycles. The van der Waals surface area contributed by atoms with Crippen molar-refractivity contribution < 1.29 is 14.6 Å². The number of aliphatic hydroxyl groups excluding tert-OH is 1. The lowest BCUT2D eigenvalue weighted by Gasteiger charge is -2.23. The number of hydrogen-bond acceptors (Lipinski definition) is 3. The Morgan fingerprint density at radius 3 is 2.32 bits per heavy atom. The number of alkyl carbamates (subject to hydrolysis) is 1. The fraction of sp³-hybridized carbons (Fsp3) is 0.533. The van der Waals surface area contributed by atoms with Crippen molar-refractivity contribution in [2.45, 2.75) is 45.8 Å². The number of carbonyl (C=O) groups is 1. The molecule has 0 aliphatic heterocycles. The summed E-state index contributed by atoms with van der Waals surface area (Å²) >= 11 is 0. The van der Waals surface area contributed by atoms with Crippen LogP contribution in [-0.2, 0) is 11.2 Å². The maximum atomic E-state index is 11.7. The molecule has 1 rings (SSSR count). The molecule has 0 radical (unpaired) electrons. The molecule has 106 valence electrons. The molecule has 4 nitrogen and oxygen atoms in total. The highest BCUT2D eigenvalue weighted by atomic mass is 16.6. The summed E-state index contributed by atoms with van der Waals surface area (Å²) in [5.41, 5.74) is 1.54. The maximum absolute atomic E-state index is 11.7. The number of amides is 1. The highest BCUT2D eigenvalue weighted by Crippen LogP contribution is 2.15. The summed E-state index contributed by atoms with van der Waals surface area (Å²) in [4.78, 5) is 11.7. The van der Waals surface area contributed by atoms with Crippen LogP contribution in [0.2, 0.25) is 0 Å². The molecule has 2 N–H and O–H groups in total. The Morgan fingerprint density at radius 1 is 1.32 bits per heavy atom. The Morgan fingerprint density at radius 2 is 1.89 bits per heavy atom. The van der Waals surface area contributed by atoms with Gasteiger partial charge in [-0.05, 0) is 38.3 Å². The first-order valence-electron chi connectivity index (χ1n) is 6.55. The zero-order chi connectivity index (χ0) is 14.5. The van der Waals surface area contributed by atoms with Crippen LogP contribution in [0, 0.1) is 0 Å². The van der Waals surface area contributed by atoms with Crippen LogP contribution in [0.4, 0.5) is 4.79 Å². The van der Waals surface area contributed by atoms with Crippen LogP contribution in [-0.4, -0.2) is 23.4 Å². The van der Waals surface area contributed by atoms with E-state index in [2.05, 4.69) is 12.2 Å². The minimum Gasteiger partial charge on any atom is -0.444 e. The van der Waals surface area contributed by atoms with E-state index in [1.54, 1.807) is 20.8 Å². The molecule has 1 unspecified atom stereocenters. The SMILES string of the molecule is CCc1ccc(C(CO)NC(=O)OC(C)(C)C)cc1. The van der Waals surface area contributed by atoms with Gasteiger partial charge < -0.3 is 15.2 Å². The fourth-order valence-electron chi connectivity index (χ4n) is 1.67. The molecule has 1 aromatic rings. The van der Waals surface area contributed by atoms with Gasteiger partial charge in [-0.15, -0.1) is 0 Å². The van der Waals surface area contributed by atoms with Crippen LogP contribution in [0.5, 0.6) is 0 Å². The Labute approximate surface area is 114 Å². The summed E-state index contributed by atoms with van der Waals surface area (Å²) in [5, 5.41) is 12.0. The first-order valence-corrected chi connectivity index (χ1v) is 6.55. The standard InChI is InChI=1S/C15H23NO3/c1-5-11-6-8-12(9-7-11)13(10-17)16-14(18)19-15(2,3)4/h6-9,13,17H,5,10H2,1-4H3,(H,16,18). The van der Waals surface area contributed by atoms with Gasteiger partial charge in [0, 0.05) is 0 Å². The molecule has 0 aromatic heterocycles. The molecule has 0 spiro atoms. The van der Waals surface area contributed by atoms with Crippen molar-refractivity contribution in [3.63, 3.8) is 0 Å². The van der Waals surface area contributed by atoms with Crippen molar-refractivity contribution in [1.82, 2.24) is 5.32 Å². The molecule has 0 fully saturated rings. The molecule has 0 saturated carbocycles. The van der Waals surface area contributed by atoms with Gasteiger partial charge >= 0.3 is 6.09 Å². The number of ether oxygens (including phenoxy) is 1. The average molecular weight is 265 g/mol. The average Bonchev–Trinajstić information content (AvgIpc) is 2.34. The Bertz CT molecular complexity index is 406. The fourth-order valence-corrected chi connectivity index (χ4v) is 1.67. The van der Waals surface area contributed by atoms with Crippen molar-refractivity contribution >= 4 is 6.09 Å². The Hall–Kier alpha value is -1.55. The number of aryl methyl sites for hydroxylation is 1. The maximum Gasteiger partial charge on any atom is 0.408 e. The summed E-state index contributed by atoms with van der Waals surface area (Å²) in [6.07, 6.45) is 0.440. The van der Waals surface area contributed by atoms with Gasteiger partial charge in [-0.2, -0.15) is 0 Å². The van der Waals surface area contributed by atoms with Crippen LogP contribution in [0.1, 0.15) is 44.9 Å². The monoisotopic (exact) mass is 265 g/mol. The first-order chi connectivity index (χ1) is 8.85. The minimum atomic E-state index is -0.545. The third-order valence-electron chi connectivity index (χ3n) is 2.66. The minimum absolute atomic E-state index is 0.162. The quantitative estimate of drug-likeness (QED) is 0.880. The molecule has 1 aromatic carbocycles. The van der Waals surface area contributed by atoms with E-state index in [1.807, 2.05) is 24.3 Å². The van der Waals surface area contributed by atoms with Gasteiger partial charge in [0.05, 0.1) is 12.6 Å². The molecule has 0 saturated heterocycles. The molecule has 0 bridgehead atoms. The van der Waals surface area contributed by atoms with Crippen LogP contribution in [0.25, 0.3) is 0 Å². The Kier molecular flexibility index (Phi) is 5.36. The van der Waals surface area contributed by atoms with Gasteiger partial charge in [0.15, 0.2) is 0 Å². The van der Waals surface area contributed by atoms with E-state index < -0.39 is 17.7 Å². The summed E-state index contributed by atoms with van der Waals surface area (Å²) in [7, 11) is 0. The molecule has 4 heteroatoms. The summed E-state index contributed by atoms with van der Waals surface area (Å²) in [5.74, 6) is 0. The number of aliphatic hydroxyl groups is 1. The van der Waals surface area contributed by atoms with Crippen LogP contribution in [0.15, 0.2) is 24.3 Å². The molecule has 19 heavy (non-hydrogen) atoms. The summed E-state index contributed by atoms with van der Waals surface area (Å²) in [6, 6.07) is 7.37. The predicted octanol–water partition coefficient (Wildman–Crippen LogP) is 2.81. The lowest BCUT2D eigenvalue weighted by molar-refractivity contribution is 0.0482. The highest BCUT2D eigenvalue weighted by molar-refractivity contribution is 5.68. The number of rotatable bonds is 4. The second-order valence-electron chi connectivity index (χ2n) is 5.48. The third kappa shape index (κ3) is 5.30. The van der Waals surface area contributed by atoms with Gasteiger partial charge in [-0.25, -0.2) is 4.79 Å². The van der Waals surface area contributed by atoms with Gasteiger partial charge in [0.1, 0.15) is 5.60 Å². The topological polar surface area (TPSA) is 58.6 Å². The molecular formula is C15H23NO3. The lowest BCUT2D eigenvalue weighted by atomic mass is 10.0. The predicted molar refractivity (Wildman–Crippen MR) is 75.0 cm³/mol. The van der Waals surface area contributed by atoms with E-state index in [-0.39, 0.29) is 6.61 Å². The second-order valence-corrected chi connectivity index (χ2v) is 5.48. The summed E-state index contributed by atoms with van der Waals surface area (Å²) in [6.45, 7) is 7.33. The third-order valence-corrected chi connectivity index (χ3v) is 2.66. The van der Waals surface area contributed by atoms with Crippen LogP contribution in [0.3, 0.4) is 0 Å². The second kappa shape index (κ2) is 6.57. The normalized spacial score (nSPS) is 12.9. The van der Waals surface area contributed by atoms with Gasteiger partial charge in [0.25, 0.3) is 0 Å². The zero-order valence-electron chi connectivity index (χ0n) is 12.1. The zero-order valence-corrected chi connectivity index (χ0v) is 12.1. The molecule has 1 atom stereocenters. The van der Waals surface area contributed by atoms with E-state index in [0.717, 1.165) is 12.0 Å². The highest BCUT2D eigenvalue weighted by Gasteiger charge is 2.19.